The fraction of sp³-hybridized carbons (Fsp3) is 0.562. The van der Waals surface area contributed by atoms with Crippen LogP contribution in [0.25, 0.3) is 0 Å². The second-order valence-electron chi connectivity index (χ2n) is 5.49. The van der Waals surface area contributed by atoms with E-state index in [1.807, 2.05) is 30.8 Å². The summed E-state index contributed by atoms with van der Waals surface area (Å²) in [5, 5.41) is 3.88. The first-order valence-electron chi connectivity index (χ1n) is 7.38. The Morgan fingerprint density at radius 3 is 3.00 bits per heavy atom. The van der Waals surface area contributed by atoms with E-state index in [-0.39, 0.29) is 5.91 Å². The number of hydrogen-bond acceptors (Lipinski definition) is 3. The summed E-state index contributed by atoms with van der Waals surface area (Å²) in [5.74, 6) is 1.17. The van der Waals surface area contributed by atoms with Crippen molar-refractivity contribution < 1.29 is 4.79 Å². The molecule has 20 heavy (non-hydrogen) atoms. The van der Waals surface area contributed by atoms with Gasteiger partial charge in [0.2, 0.25) is 0 Å². The Morgan fingerprint density at radius 1 is 1.45 bits per heavy atom. The highest BCUT2D eigenvalue weighted by Gasteiger charge is 2.23. The predicted molar refractivity (Wildman–Crippen MR) is 87.2 cm³/mol. The maximum absolute atomic E-state index is 12.4. The molecular formula is C16H24N2OS. The molecule has 3 N–H and O–H groups in total. The van der Waals surface area contributed by atoms with Gasteiger partial charge in [-0.05, 0) is 49.6 Å². The molecule has 0 bridgehead atoms. The first kappa shape index (κ1) is 15.2. The molecule has 1 aromatic rings. The molecule has 1 aromatic carbocycles. The van der Waals surface area contributed by atoms with Gasteiger partial charge in [0.1, 0.15) is 0 Å². The van der Waals surface area contributed by atoms with E-state index in [1.54, 1.807) is 6.07 Å². The molecule has 3 nitrogen and oxygen atoms in total. The molecule has 110 valence electrons. The van der Waals surface area contributed by atoms with Crippen LogP contribution in [0.15, 0.2) is 18.2 Å². The van der Waals surface area contributed by atoms with Crippen molar-refractivity contribution in [3.05, 3.63) is 29.3 Å². The molecule has 1 amide bonds. The molecule has 1 aliphatic carbocycles. The van der Waals surface area contributed by atoms with Crippen LogP contribution in [0.5, 0.6) is 0 Å². The van der Waals surface area contributed by atoms with Crippen LogP contribution in [0, 0.1) is 6.92 Å². The minimum atomic E-state index is 0.0157. The molecule has 0 aliphatic heterocycles. The lowest BCUT2D eigenvalue weighted by molar-refractivity contribution is 0.0928. The molecule has 2 rings (SSSR count). The predicted octanol–water partition coefficient (Wildman–Crippen LogP) is 3.37. The number of carbonyl (C=O) groups is 1. The Balaban J connectivity index is 1.98. The largest absolute Gasteiger partial charge is 0.399 e. The van der Waals surface area contributed by atoms with E-state index >= 15 is 0 Å². The van der Waals surface area contributed by atoms with Crippen LogP contribution in [0.4, 0.5) is 5.69 Å². The molecular weight excluding hydrogens is 268 g/mol. The molecule has 0 saturated heterocycles. The fourth-order valence-electron chi connectivity index (χ4n) is 2.81. The zero-order valence-electron chi connectivity index (χ0n) is 12.3. The quantitative estimate of drug-likeness (QED) is 0.837. The summed E-state index contributed by atoms with van der Waals surface area (Å²) in [4.78, 5) is 12.4. The second-order valence-corrected chi connectivity index (χ2v) is 7.07. The zero-order valence-corrected chi connectivity index (χ0v) is 13.1. The molecule has 0 heterocycles. The summed E-state index contributed by atoms with van der Waals surface area (Å²) in [6.45, 7) is 4.15. The van der Waals surface area contributed by atoms with E-state index in [9.17, 15) is 4.79 Å². The van der Waals surface area contributed by atoms with Crippen molar-refractivity contribution in [1.29, 1.82) is 0 Å². The summed E-state index contributed by atoms with van der Waals surface area (Å²) >= 11 is 2.01. The van der Waals surface area contributed by atoms with Gasteiger partial charge in [0.15, 0.2) is 0 Å². The average Bonchev–Trinajstić information content (AvgIpc) is 2.42. The summed E-state index contributed by atoms with van der Waals surface area (Å²) in [7, 11) is 0. The van der Waals surface area contributed by atoms with Gasteiger partial charge in [0.05, 0.1) is 0 Å². The monoisotopic (exact) mass is 292 g/mol. The fourth-order valence-corrected chi connectivity index (χ4v) is 3.98. The van der Waals surface area contributed by atoms with Crippen molar-refractivity contribution in [2.45, 2.75) is 50.8 Å². The molecule has 0 aromatic heterocycles. The second kappa shape index (κ2) is 7.02. The van der Waals surface area contributed by atoms with Gasteiger partial charge in [-0.25, -0.2) is 0 Å². The van der Waals surface area contributed by atoms with Crippen molar-refractivity contribution >= 4 is 23.4 Å². The Hall–Kier alpha value is -1.16. The number of nitrogen functional groups attached to an aromatic ring is 1. The highest BCUT2D eigenvalue weighted by Crippen LogP contribution is 2.28. The lowest BCUT2D eigenvalue weighted by Crippen LogP contribution is -2.39. The number of nitrogens with two attached hydrogens (primary N) is 1. The van der Waals surface area contributed by atoms with E-state index < -0.39 is 0 Å². The number of amides is 1. The lowest BCUT2D eigenvalue weighted by atomic mass is 9.94. The summed E-state index contributed by atoms with van der Waals surface area (Å²) in [5.41, 5.74) is 8.10. The minimum Gasteiger partial charge on any atom is -0.399 e. The molecule has 0 spiro atoms. The standard InChI is InChI=1S/C16H24N2OS/c1-3-20-14-6-4-5-13(10-14)18-16(19)15-9-12(17)8-7-11(15)2/h7-9,13-14H,3-6,10,17H2,1-2H3,(H,18,19). The smallest absolute Gasteiger partial charge is 0.251 e. The molecule has 2 atom stereocenters. The maximum atomic E-state index is 12.4. The van der Waals surface area contributed by atoms with Crippen molar-refractivity contribution in [2.24, 2.45) is 0 Å². The summed E-state index contributed by atoms with van der Waals surface area (Å²) in [6.07, 6.45) is 4.67. The van der Waals surface area contributed by atoms with Crippen LogP contribution >= 0.6 is 11.8 Å². The van der Waals surface area contributed by atoms with Gasteiger partial charge in [0.25, 0.3) is 5.91 Å². The third kappa shape index (κ3) is 3.92. The Bertz CT molecular complexity index is 474. The molecule has 2 unspecified atom stereocenters. The van der Waals surface area contributed by atoms with Crippen LogP contribution in [-0.4, -0.2) is 23.0 Å². The summed E-state index contributed by atoms with van der Waals surface area (Å²) < 4.78 is 0. The van der Waals surface area contributed by atoms with Gasteiger partial charge in [-0.15, -0.1) is 0 Å². The first-order chi connectivity index (χ1) is 9.60. The molecule has 1 fully saturated rings. The number of carbonyl (C=O) groups excluding carboxylic acids is 1. The van der Waals surface area contributed by atoms with Crippen LogP contribution in [0.2, 0.25) is 0 Å². The van der Waals surface area contributed by atoms with Crippen LogP contribution in [-0.2, 0) is 0 Å². The van der Waals surface area contributed by atoms with Crippen LogP contribution in [0.3, 0.4) is 0 Å². The van der Waals surface area contributed by atoms with Gasteiger partial charge in [-0.1, -0.05) is 19.4 Å². The topological polar surface area (TPSA) is 55.1 Å². The molecule has 1 saturated carbocycles. The van der Waals surface area contributed by atoms with Crippen molar-refractivity contribution in [2.75, 3.05) is 11.5 Å². The van der Waals surface area contributed by atoms with Crippen LogP contribution < -0.4 is 11.1 Å². The SMILES string of the molecule is CCSC1CCCC(NC(=O)c2cc(N)ccc2C)C1. The molecule has 4 heteroatoms. The Morgan fingerprint density at radius 2 is 2.25 bits per heavy atom. The molecule has 1 aliphatic rings. The van der Waals surface area contributed by atoms with Crippen LogP contribution in [0.1, 0.15) is 48.5 Å². The van der Waals surface area contributed by atoms with E-state index in [4.69, 9.17) is 5.73 Å². The van der Waals surface area contributed by atoms with E-state index in [2.05, 4.69) is 12.2 Å². The Labute approximate surface area is 125 Å². The van der Waals surface area contributed by atoms with Crippen molar-refractivity contribution in [3.63, 3.8) is 0 Å². The minimum absolute atomic E-state index is 0.0157. The van der Waals surface area contributed by atoms with E-state index in [1.165, 1.54) is 12.8 Å². The van der Waals surface area contributed by atoms with Gasteiger partial charge >= 0.3 is 0 Å². The Kier molecular flexibility index (Phi) is 5.35. The van der Waals surface area contributed by atoms with Gasteiger partial charge in [-0.2, -0.15) is 11.8 Å². The lowest BCUT2D eigenvalue weighted by Gasteiger charge is -2.29. The van der Waals surface area contributed by atoms with Gasteiger partial charge < -0.3 is 11.1 Å². The molecule has 0 radical (unpaired) electrons. The number of aryl methyl sites for hydroxylation is 1. The van der Waals surface area contributed by atoms with Crippen molar-refractivity contribution in [1.82, 2.24) is 5.32 Å². The zero-order chi connectivity index (χ0) is 14.5. The maximum Gasteiger partial charge on any atom is 0.251 e. The van der Waals surface area contributed by atoms with Gasteiger partial charge in [-0.3, -0.25) is 4.79 Å². The third-order valence-electron chi connectivity index (χ3n) is 3.87. The van der Waals surface area contributed by atoms with E-state index in [0.717, 1.165) is 24.2 Å². The van der Waals surface area contributed by atoms with Crippen molar-refractivity contribution in [3.8, 4) is 0 Å². The van der Waals surface area contributed by atoms with Gasteiger partial charge in [0, 0.05) is 22.5 Å². The number of nitrogens with one attached hydrogen (secondary N) is 1. The number of rotatable bonds is 4. The number of hydrogen-bond donors (Lipinski definition) is 2. The third-order valence-corrected chi connectivity index (χ3v) is 5.10. The van der Waals surface area contributed by atoms with E-state index in [0.29, 0.717) is 22.5 Å². The number of thioether (sulfide) groups is 1. The average molecular weight is 292 g/mol. The highest BCUT2D eigenvalue weighted by molar-refractivity contribution is 7.99. The number of benzene rings is 1. The number of anilines is 1. The first-order valence-corrected chi connectivity index (χ1v) is 8.43. The summed E-state index contributed by atoms with van der Waals surface area (Å²) in [6, 6.07) is 5.81. The normalized spacial score (nSPS) is 22.5. The highest BCUT2D eigenvalue weighted by atomic mass is 32.2.